The number of esters is 1. The van der Waals surface area contributed by atoms with Crippen molar-refractivity contribution >= 4 is 18.0 Å². The number of alkyl carbamates (subject to hydrolysis) is 1. The summed E-state index contributed by atoms with van der Waals surface area (Å²) in [6.45, 7) is 2.14. The zero-order valence-electron chi connectivity index (χ0n) is 15.6. The molecule has 2 amide bonds. The summed E-state index contributed by atoms with van der Waals surface area (Å²) in [6, 6.07) is 8.39. The highest BCUT2D eigenvalue weighted by atomic mass is 16.5. The van der Waals surface area contributed by atoms with E-state index in [-0.39, 0.29) is 32.6 Å². The number of H-pyrrole nitrogens is 1. The van der Waals surface area contributed by atoms with Crippen molar-refractivity contribution in [3.05, 3.63) is 54.1 Å². The second-order valence-corrected chi connectivity index (χ2v) is 5.89. The number of nitrogens with zero attached hydrogens (tertiary/aromatic N) is 1. The SMILES string of the molecule is CCOC(=O)NCCC(=O)N[C@H](Cc1cnc[nH]1)C(=O)OCc1ccccc1. The Labute approximate surface area is 162 Å². The van der Waals surface area contributed by atoms with E-state index in [0.717, 1.165) is 5.56 Å². The number of ether oxygens (including phenoxy) is 2. The number of benzene rings is 1. The van der Waals surface area contributed by atoms with Gasteiger partial charge in [0.05, 0.1) is 12.9 Å². The minimum Gasteiger partial charge on any atom is -0.459 e. The first-order valence-corrected chi connectivity index (χ1v) is 8.96. The van der Waals surface area contributed by atoms with Crippen LogP contribution in [0.2, 0.25) is 0 Å². The van der Waals surface area contributed by atoms with E-state index in [1.54, 1.807) is 13.1 Å². The third-order valence-corrected chi connectivity index (χ3v) is 3.72. The van der Waals surface area contributed by atoms with Gasteiger partial charge in [-0.2, -0.15) is 0 Å². The average Bonchev–Trinajstić information content (AvgIpc) is 3.20. The van der Waals surface area contributed by atoms with Crippen molar-refractivity contribution in [3.63, 3.8) is 0 Å². The molecule has 1 heterocycles. The molecule has 0 fully saturated rings. The van der Waals surface area contributed by atoms with Gasteiger partial charge in [-0.3, -0.25) is 4.79 Å². The number of carbonyl (C=O) groups excluding carboxylic acids is 3. The number of imidazole rings is 1. The maximum atomic E-state index is 12.5. The Bertz CT molecular complexity index is 749. The summed E-state index contributed by atoms with van der Waals surface area (Å²) in [5.41, 5.74) is 1.53. The van der Waals surface area contributed by atoms with Crippen LogP contribution in [0.3, 0.4) is 0 Å². The van der Waals surface area contributed by atoms with Crippen molar-refractivity contribution in [3.8, 4) is 0 Å². The fourth-order valence-electron chi connectivity index (χ4n) is 2.37. The van der Waals surface area contributed by atoms with Crippen LogP contribution in [0.25, 0.3) is 0 Å². The second-order valence-electron chi connectivity index (χ2n) is 5.89. The van der Waals surface area contributed by atoms with Crippen molar-refractivity contribution < 1.29 is 23.9 Å². The van der Waals surface area contributed by atoms with Crippen molar-refractivity contribution in [2.45, 2.75) is 32.4 Å². The molecule has 28 heavy (non-hydrogen) atoms. The van der Waals surface area contributed by atoms with Crippen molar-refractivity contribution in [2.24, 2.45) is 0 Å². The Balaban J connectivity index is 1.88. The van der Waals surface area contributed by atoms with E-state index in [1.807, 2.05) is 30.3 Å². The largest absolute Gasteiger partial charge is 0.459 e. The van der Waals surface area contributed by atoms with Gasteiger partial charge in [0.15, 0.2) is 0 Å². The van der Waals surface area contributed by atoms with Crippen molar-refractivity contribution in [2.75, 3.05) is 13.2 Å². The molecule has 150 valence electrons. The van der Waals surface area contributed by atoms with E-state index in [4.69, 9.17) is 9.47 Å². The Morgan fingerprint density at radius 3 is 2.64 bits per heavy atom. The Hall–Kier alpha value is -3.36. The number of hydrogen-bond acceptors (Lipinski definition) is 6. The van der Waals surface area contributed by atoms with Gasteiger partial charge in [-0.15, -0.1) is 0 Å². The number of rotatable bonds is 10. The highest BCUT2D eigenvalue weighted by Gasteiger charge is 2.23. The van der Waals surface area contributed by atoms with Crippen LogP contribution in [-0.2, 0) is 32.1 Å². The summed E-state index contributed by atoms with van der Waals surface area (Å²) in [5.74, 6) is -0.942. The first-order valence-electron chi connectivity index (χ1n) is 8.96. The van der Waals surface area contributed by atoms with Crippen LogP contribution in [0.1, 0.15) is 24.6 Å². The fourth-order valence-corrected chi connectivity index (χ4v) is 2.37. The number of nitrogens with one attached hydrogen (secondary N) is 3. The van der Waals surface area contributed by atoms with Crippen LogP contribution < -0.4 is 10.6 Å². The van der Waals surface area contributed by atoms with Gasteiger partial charge in [0, 0.05) is 31.3 Å². The molecular weight excluding hydrogens is 364 g/mol. The molecule has 0 unspecified atom stereocenters. The van der Waals surface area contributed by atoms with Crippen LogP contribution in [-0.4, -0.2) is 47.1 Å². The zero-order chi connectivity index (χ0) is 20.2. The molecule has 0 spiro atoms. The van der Waals surface area contributed by atoms with Gasteiger partial charge < -0.3 is 25.1 Å². The number of carbonyl (C=O) groups is 3. The molecule has 2 aromatic rings. The topological polar surface area (TPSA) is 122 Å². The molecule has 1 aromatic heterocycles. The average molecular weight is 388 g/mol. The van der Waals surface area contributed by atoms with Gasteiger partial charge >= 0.3 is 12.1 Å². The van der Waals surface area contributed by atoms with Gasteiger partial charge in [0.2, 0.25) is 5.91 Å². The number of hydrogen-bond donors (Lipinski definition) is 3. The maximum absolute atomic E-state index is 12.5. The van der Waals surface area contributed by atoms with Crippen LogP contribution in [0.5, 0.6) is 0 Å². The summed E-state index contributed by atoms with van der Waals surface area (Å²) in [7, 11) is 0. The first-order chi connectivity index (χ1) is 13.6. The number of amides is 2. The quantitative estimate of drug-likeness (QED) is 0.528. The van der Waals surface area contributed by atoms with E-state index in [1.165, 1.54) is 6.33 Å². The fraction of sp³-hybridized carbons (Fsp3) is 0.368. The molecule has 0 saturated carbocycles. The van der Waals surface area contributed by atoms with Crippen molar-refractivity contribution in [1.29, 1.82) is 0 Å². The van der Waals surface area contributed by atoms with Gasteiger partial charge in [-0.05, 0) is 12.5 Å². The molecule has 0 radical (unpaired) electrons. The highest BCUT2D eigenvalue weighted by molar-refractivity contribution is 5.85. The summed E-state index contributed by atoms with van der Waals surface area (Å²) < 4.78 is 10.1. The molecular formula is C19H24N4O5. The Morgan fingerprint density at radius 1 is 1.18 bits per heavy atom. The van der Waals surface area contributed by atoms with Gasteiger partial charge in [0.1, 0.15) is 12.6 Å². The third kappa shape index (κ3) is 7.48. The summed E-state index contributed by atoms with van der Waals surface area (Å²) in [6.07, 6.45) is 2.69. The number of aromatic amines is 1. The minimum absolute atomic E-state index is 0.00422. The molecule has 3 N–H and O–H groups in total. The molecule has 1 atom stereocenters. The summed E-state index contributed by atoms with van der Waals surface area (Å²) >= 11 is 0. The molecule has 9 heteroatoms. The standard InChI is InChI=1S/C19H24N4O5/c1-2-27-19(26)21-9-8-17(24)23-16(10-15-11-20-13-22-15)18(25)28-12-14-6-4-3-5-7-14/h3-7,11,13,16H,2,8-10,12H2,1H3,(H,20,22)(H,21,26)(H,23,24)/t16-/m1/s1. The normalized spacial score (nSPS) is 11.3. The zero-order valence-corrected chi connectivity index (χ0v) is 15.6. The molecule has 2 rings (SSSR count). The Kier molecular flexibility index (Phi) is 8.51. The lowest BCUT2D eigenvalue weighted by atomic mass is 10.1. The van der Waals surface area contributed by atoms with E-state index < -0.39 is 24.0 Å². The lowest BCUT2D eigenvalue weighted by Crippen LogP contribution is -2.44. The van der Waals surface area contributed by atoms with E-state index >= 15 is 0 Å². The lowest BCUT2D eigenvalue weighted by molar-refractivity contribution is -0.149. The van der Waals surface area contributed by atoms with Gasteiger partial charge in [-0.25, -0.2) is 14.6 Å². The third-order valence-electron chi connectivity index (χ3n) is 3.72. The van der Waals surface area contributed by atoms with Crippen LogP contribution in [0, 0.1) is 0 Å². The van der Waals surface area contributed by atoms with Crippen LogP contribution in [0.15, 0.2) is 42.9 Å². The minimum atomic E-state index is -0.876. The number of aromatic nitrogens is 2. The second kappa shape index (κ2) is 11.4. The lowest BCUT2D eigenvalue weighted by Gasteiger charge is -2.17. The smallest absolute Gasteiger partial charge is 0.407 e. The molecule has 1 aromatic carbocycles. The molecule has 9 nitrogen and oxygen atoms in total. The summed E-state index contributed by atoms with van der Waals surface area (Å²) in [4.78, 5) is 42.7. The van der Waals surface area contributed by atoms with Gasteiger partial charge in [-0.1, -0.05) is 30.3 Å². The molecule has 0 aliphatic heterocycles. The first kappa shape index (κ1) is 20.9. The predicted octanol–water partition coefficient (Wildman–Crippen LogP) is 1.32. The van der Waals surface area contributed by atoms with Crippen LogP contribution in [0.4, 0.5) is 4.79 Å². The van der Waals surface area contributed by atoms with E-state index in [0.29, 0.717) is 5.69 Å². The molecule has 0 aliphatic rings. The summed E-state index contributed by atoms with van der Waals surface area (Å²) in [5, 5.41) is 5.10. The van der Waals surface area contributed by atoms with Crippen LogP contribution >= 0.6 is 0 Å². The molecule has 0 saturated heterocycles. The predicted molar refractivity (Wildman–Crippen MR) is 100 cm³/mol. The molecule has 0 aliphatic carbocycles. The molecule has 0 bridgehead atoms. The van der Waals surface area contributed by atoms with E-state index in [2.05, 4.69) is 20.6 Å². The van der Waals surface area contributed by atoms with Gasteiger partial charge in [0.25, 0.3) is 0 Å². The van der Waals surface area contributed by atoms with Crippen molar-refractivity contribution in [1.82, 2.24) is 20.6 Å². The maximum Gasteiger partial charge on any atom is 0.407 e. The Morgan fingerprint density at radius 2 is 1.96 bits per heavy atom. The highest BCUT2D eigenvalue weighted by Crippen LogP contribution is 2.05. The monoisotopic (exact) mass is 388 g/mol. The van der Waals surface area contributed by atoms with E-state index in [9.17, 15) is 14.4 Å².